The Hall–Kier alpha value is -3.66. The van der Waals surface area contributed by atoms with Gasteiger partial charge in [0.2, 0.25) is 0 Å². The first-order chi connectivity index (χ1) is 12.1. The molecular formula is C18H13N3O4. The summed E-state index contributed by atoms with van der Waals surface area (Å²) < 4.78 is 0. The average molecular weight is 335 g/mol. The molecule has 1 aliphatic rings. The fourth-order valence-corrected chi connectivity index (χ4v) is 2.45. The molecule has 0 fully saturated rings. The molecule has 25 heavy (non-hydrogen) atoms. The van der Waals surface area contributed by atoms with Gasteiger partial charge in [-0.05, 0) is 23.8 Å². The van der Waals surface area contributed by atoms with Gasteiger partial charge in [0.05, 0.1) is 22.9 Å². The van der Waals surface area contributed by atoms with Crippen molar-refractivity contribution in [1.82, 2.24) is 0 Å². The average Bonchev–Trinajstić information content (AvgIpc) is 3.13. The summed E-state index contributed by atoms with van der Waals surface area (Å²) in [6, 6.07) is 15.3. The monoisotopic (exact) mass is 335 g/mol. The first kappa shape index (κ1) is 16.2. The van der Waals surface area contributed by atoms with Gasteiger partial charge < -0.3 is 15.3 Å². The van der Waals surface area contributed by atoms with Gasteiger partial charge in [-0.2, -0.15) is 5.26 Å². The van der Waals surface area contributed by atoms with Gasteiger partial charge in [-0.3, -0.25) is 4.79 Å². The second-order valence-corrected chi connectivity index (χ2v) is 5.38. The van der Waals surface area contributed by atoms with Crippen LogP contribution in [0.4, 0.5) is 5.69 Å². The van der Waals surface area contributed by atoms with Crippen molar-refractivity contribution in [1.29, 1.82) is 5.26 Å². The van der Waals surface area contributed by atoms with Crippen LogP contribution in [-0.2, 0) is 9.63 Å². The van der Waals surface area contributed by atoms with Gasteiger partial charge in [0.25, 0.3) is 5.91 Å². The maximum absolute atomic E-state index is 12.3. The van der Waals surface area contributed by atoms with Crippen LogP contribution in [0.3, 0.4) is 0 Å². The van der Waals surface area contributed by atoms with Crippen molar-refractivity contribution in [3.63, 3.8) is 0 Å². The molecule has 1 heterocycles. The van der Waals surface area contributed by atoms with Crippen LogP contribution in [0.15, 0.2) is 53.7 Å². The molecule has 0 bridgehead atoms. The molecule has 0 aromatic heterocycles. The first-order valence-corrected chi connectivity index (χ1v) is 7.45. The van der Waals surface area contributed by atoms with Crippen LogP contribution in [0.1, 0.15) is 34.0 Å². The highest BCUT2D eigenvalue weighted by atomic mass is 16.6. The van der Waals surface area contributed by atoms with Crippen molar-refractivity contribution in [3.05, 3.63) is 65.2 Å². The van der Waals surface area contributed by atoms with E-state index in [0.29, 0.717) is 0 Å². The third-order valence-corrected chi connectivity index (χ3v) is 3.73. The summed E-state index contributed by atoms with van der Waals surface area (Å²) in [6.45, 7) is 0. The number of carbonyl (C=O) groups is 2. The van der Waals surface area contributed by atoms with Gasteiger partial charge in [0.15, 0.2) is 6.10 Å². The number of carboxylic acid groups (broad SMARTS) is 1. The zero-order valence-corrected chi connectivity index (χ0v) is 13.0. The topological polar surface area (TPSA) is 112 Å². The number of aromatic carboxylic acids is 1. The molecule has 1 unspecified atom stereocenters. The highest BCUT2D eigenvalue weighted by molar-refractivity contribution is 6.43. The normalized spacial score (nSPS) is 15.6. The van der Waals surface area contributed by atoms with Crippen molar-refractivity contribution in [2.45, 2.75) is 12.5 Å². The minimum Gasteiger partial charge on any atom is -0.478 e. The molecular weight excluding hydrogens is 322 g/mol. The summed E-state index contributed by atoms with van der Waals surface area (Å²) in [5, 5.41) is 24.4. The Bertz CT molecular complexity index is 900. The summed E-state index contributed by atoms with van der Waals surface area (Å²) in [6.07, 6.45) is -0.0593. The van der Waals surface area contributed by atoms with Crippen molar-refractivity contribution in [2.75, 3.05) is 5.32 Å². The number of amides is 1. The predicted molar refractivity (Wildman–Crippen MR) is 89.1 cm³/mol. The lowest BCUT2D eigenvalue weighted by atomic mass is 10.0. The number of carboxylic acids is 1. The van der Waals surface area contributed by atoms with Gasteiger partial charge in [-0.1, -0.05) is 35.5 Å². The van der Waals surface area contributed by atoms with E-state index in [1.54, 1.807) is 0 Å². The lowest BCUT2D eigenvalue weighted by Gasteiger charge is -2.09. The van der Waals surface area contributed by atoms with Crippen LogP contribution in [0, 0.1) is 11.3 Å². The molecule has 1 amide bonds. The minimum atomic E-state index is -1.24. The number of benzene rings is 2. The Morgan fingerprint density at radius 2 is 2.00 bits per heavy atom. The SMILES string of the molecule is N#Cc1ccc(NC(=O)C2=NOC(c3ccccc3)C2)c(C(=O)O)c1. The zero-order chi connectivity index (χ0) is 17.8. The Kier molecular flexibility index (Phi) is 4.44. The van der Waals surface area contributed by atoms with E-state index >= 15 is 0 Å². The summed E-state index contributed by atoms with van der Waals surface area (Å²) in [7, 11) is 0. The third kappa shape index (κ3) is 3.48. The molecule has 1 atom stereocenters. The van der Waals surface area contributed by atoms with Crippen LogP contribution >= 0.6 is 0 Å². The molecule has 0 saturated carbocycles. The van der Waals surface area contributed by atoms with Gasteiger partial charge >= 0.3 is 5.97 Å². The maximum Gasteiger partial charge on any atom is 0.337 e. The molecule has 0 aliphatic carbocycles. The van der Waals surface area contributed by atoms with Crippen molar-refractivity contribution in [2.24, 2.45) is 5.16 Å². The van der Waals surface area contributed by atoms with Crippen LogP contribution in [-0.4, -0.2) is 22.7 Å². The van der Waals surface area contributed by atoms with E-state index in [0.717, 1.165) is 5.56 Å². The molecule has 3 rings (SSSR count). The Morgan fingerprint density at radius 3 is 2.68 bits per heavy atom. The number of nitrogens with one attached hydrogen (secondary N) is 1. The lowest BCUT2D eigenvalue weighted by molar-refractivity contribution is -0.110. The lowest BCUT2D eigenvalue weighted by Crippen LogP contribution is -2.23. The summed E-state index contributed by atoms with van der Waals surface area (Å²) in [5.41, 5.74) is 1.21. The van der Waals surface area contributed by atoms with Crippen molar-refractivity contribution in [3.8, 4) is 6.07 Å². The number of hydrogen-bond acceptors (Lipinski definition) is 5. The summed E-state index contributed by atoms with van der Waals surface area (Å²) >= 11 is 0. The molecule has 0 radical (unpaired) electrons. The number of rotatable bonds is 4. The number of anilines is 1. The summed E-state index contributed by atoms with van der Waals surface area (Å²) in [4.78, 5) is 28.9. The fourth-order valence-electron chi connectivity index (χ4n) is 2.45. The molecule has 2 aromatic carbocycles. The molecule has 124 valence electrons. The largest absolute Gasteiger partial charge is 0.478 e. The second kappa shape index (κ2) is 6.84. The number of nitrogens with zero attached hydrogens (tertiary/aromatic N) is 2. The van der Waals surface area contributed by atoms with E-state index in [4.69, 9.17) is 10.1 Å². The highest BCUT2D eigenvalue weighted by Crippen LogP contribution is 2.27. The molecule has 1 aliphatic heterocycles. The fraction of sp³-hybridized carbons (Fsp3) is 0.111. The minimum absolute atomic E-state index is 0.0994. The molecule has 7 heteroatoms. The maximum atomic E-state index is 12.3. The first-order valence-electron chi connectivity index (χ1n) is 7.45. The number of nitriles is 1. The molecule has 7 nitrogen and oxygen atoms in total. The molecule has 0 spiro atoms. The smallest absolute Gasteiger partial charge is 0.337 e. The molecule has 2 N–H and O–H groups in total. The van der Waals surface area contributed by atoms with E-state index < -0.39 is 11.9 Å². The Labute approximate surface area is 143 Å². The quantitative estimate of drug-likeness (QED) is 0.892. The third-order valence-electron chi connectivity index (χ3n) is 3.73. The summed E-state index contributed by atoms with van der Waals surface area (Å²) in [5.74, 6) is -1.77. The van der Waals surface area contributed by atoms with Crippen LogP contribution in [0.2, 0.25) is 0 Å². The van der Waals surface area contributed by atoms with E-state index in [1.165, 1.54) is 18.2 Å². The van der Waals surface area contributed by atoms with Gasteiger partial charge in [0, 0.05) is 6.42 Å². The van der Waals surface area contributed by atoms with Gasteiger partial charge in [0.1, 0.15) is 5.71 Å². The highest BCUT2D eigenvalue weighted by Gasteiger charge is 2.28. The molecule has 0 saturated heterocycles. The van der Waals surface area contributed by atoms with Crippen molar-refractivity contribution >= 4 is 23.3 Å². The Balaban J connectivity index is 1.74. The number of carbonyl (C=O) groups excluding carboxylic acids is 1. The van der Waals surface area contributed by atoms with Crippen LogP contribution in [0.5, 0.6) is 0 Å². The number of hydrogen-bond donors (Lipinski definition) is 2. The van der Waals surface area contributed by atoms with Crippen molar-refractivity contribution < 1.29 is 19.5 Å². The number of oxime groups is 1. The zero-order valence-electron chi connectivity index (χ0n) is 13.0. The standard InChI is InChI=1S/C18H13N3O4/c19-10-11-6-7-14(13(8-11)18(23)24)20-17(22)15-9-16(25-21-15)12-4-2-1-3-5-12/h1-8,16H,9H2,(H,20,22)(H,23,24). The van der Waals surface area contributed by atoms with E-state index in [1.807, 2.05) is 36.4 Å². The van der Waals surface area contributed by atoms with Crippen LogP contribution < -0.4 is 5.32 Å². The predicted octanol–water partition coefficient (Wildman–Crippen LogP) is 2.71. The Morgan fingerprint density at radius 1 is 1.24 bits per heavy atom. The molecule has 2 aromatic rings. The van der Waals surface area contributed by atoms with E-state index in [9.17, 15) is 14.7 Å². The van der Waals surface area contributed by atoms with Gasteiger partial charge in [-0.25, -0.2) is 4.79 Å². The van der Waals surface area contributed by atoms with Crippen LogP contribution in [0.25, 0.3) is 0 Å². The second-order valence-electron chi connectivity index (χ2n) is 5.38. The van der Waals surface area contributed by atoms with Gasteiger partial charge in [-0.15, -0.1) is 0 Å². The van der Waals surface area contributed by atoms with E-state index in [2.05, 4.69) is 10.5 Å². The van der Waals surface area contributed by atoms with E-state index in [-0.39, 0.29) is 35.1 Å².